The van der Waals surface area contributed by atoms with Crippen molar-refractivity contribution in [2.24, 2.45) is 5.41 Å². The zero-order valence-electron chi connectivity index (χ0n) is 16.6. The van der Waals surface area contributed by atoms with Gasteiger partial charge in [0.2, 0.25) is 0 Å². The number of ketones is 1. The zero-order valence-corrected chi connectivity index (χ0v) is 16.6. The van der Waals surface area contributed by atoms with Gasteiger partial charge in [0.25, 0.3) is 0 Å². The second-order valence-electron chi connectivity index (χ2n) is 8.25. The number of nitrogens with zero attached hydrogens (tertiary/aromatic N) is 1. The molecule has 1 aromatic heterocycles. The minimum absolute atomic E-state index is 0.133. The molecule has 0 bridgehead atoms. The molecular weight excluding hydrogens is 330 g/mol. The lowest BCUT2D eigenvalue weighted by atomic mass is 9.87. The van der Waals surface area contributed by atoms with Crippen LogP contribution in [-0.4, -0.2) is 24.7 Å². The standard InChI is InChI=1S/C21H29NO4/c1-20(2,3)19(23)12-17-11-18(22-26-17)21(4,5)14-25-13-15-7-9-16(24-6)10-8-15/h7-11H,12-14H2,1-6H3. The highest BCUT2D eigenvalue weighted by atomic mass is 16.5. The van der Waals surface area contributed by atoms with Crippen LogP contribution in [0.4, 0.5) is 0 Å². The van der Waals surface area contributed by atoms with Crippen LogP contribution < -0.4 is 4.74 Å². The highest BCUT2D eigenvalue weighted by molar-refractivity contribution is 5.85. The third kappa shape index (κ3) is 5.43. The van der Waals surface area contributed by atoms with E-state index in [0.29, 0.717) is 19.0 Å². The Bertz CT molecular complexity index is 723. The van der Waals surface area contributed by atoms with Crippen molar-refractivity contribution in [1.29, 1.82) is 0 Å². The number of Topliss-reactive ketones (excluding diaryl/α,β-unsaturated/α-hetero) is 1. The van der Waals surface area contributed by atoms with Gasteiger partial charge in [-0.2, -0.15) is 0 Å². The van der Waals surface area contributed by atoms with Crippen molar-refractivity contribution in [2.45, 2.75) is 53.1 Å². The second kappa shape index (κ2) is 8.04. The third-order valence-electron chi connectivity index (χ3n) is 4.31. The molecule has 0 saturated carbocycles. The topological polar surface area (TPSA) is 61.6 Å². The van der Waals surface area contributed by atoms with Gasteiger partial charge in [-0.3, -0.25) is 4.79 Å². The predicted molar refractivity (Wildman–Crippen MR) is 100 cm³/mol. The summed E-state index contributed by atoms with van der Waals surface area (Å²) in [5.41, 5.74) is 1.19. The summed E-state index contributed by atoms with van der Waals surface area (Å²) in [5.74, 6) is 1.56. The highest BCUT2D eigenvalue weighted by Gasteiger charge is 2.28. The van der Waals surface area contributed by atoms with E-state index < -0.39 is 0 Å². The van der Waals surface area contributed by atoms with Gasteiger partial charge in [0.15, 0.2) is 0 Å². The van der Waals surface area contributed by atoms with Gasteiger partial charge in [-0.1, -0.05) is 51.9 Å². The number of methoxy groups -OCH3 is 1. The van der Waals surface area contributed by atoms with Crippen molar-refractivity contribution < 1.29 is 18.8 Å². The molecule has 0 saturated heterocycles. The van der Waals surface area contributed by atoms with Crippen LogP contribution >= 0.6 is 0 Å². The molecule has 0 amide bonds. The van der Waals surface area contributed by atoms with Gasteiger partial charge in [0.05, 0.1) is 32.4 Å². The Kier molecular flexibility index (Phi) is 6.24. The Balaban J connectivity index is 1.91. The van der Waals surface area contributed by atoms with Crippen molar-refractivity contribution in [1.82, 2.24) is 5.16 Å². The number of hydrogen-bond donors (Lipinski definition) is 0. The second-order valence-corrected chi connectivity index (χ2v) is 8.25. The normalized spacial score (nSPS) is 12.2. The molecule has 0 spiro atoms. The number of rotatable bonds is 8. The van der Waals surface area contributed by atoms with Crippen molar-refractivity contribution in [3.63, 3.8) is 0 Å². The van der Waals surface area contributed by atoms with E-state index in [1.807, 2.05) is 65.0 Å². The largest absolute Gasteiger partial charge is 0.497 e. The minimum atomic E-state index is -0.385. The fourth-order valence-electron chi connectivity index (χ4n) is 2.36. The lowest BCUT2D eigenvalue weighted by molar-refractivity contribution is -0.125. The third-order valence-corrected chi connectivity index (χ3v) is 4.31. The van der Waals surface area contributed by atoms with Crippen LogP contribution in [0.1, 0.15) is 51.6 Å². The van der Waals surface area contributed by atoms with E-state index in [2.05, 4.69) is 5.16 Å². The molecule has 2 aromatic rings. The van der Waals surface area contributed by atoms with Crippen LogP contribution in [-0.2, 0) is 28.0 Å². The average molecular weight is 359 g/mol. The molecule has 1 aromatic carbocycles. The van der Waals surface area contributed by atoms with Crippen LogP contribution in [0.3, 0.4) is 0 Å². The van der Waals surface area contributed by atoms with Gasteiger partial charge in [0, 0.05) is 16.9 Å². The summed E-state index contributed by atoms with van der Waals surface area (Å²) in [7, 11) is 1.65. The fraction of sp³-hybridized carbons (Fsp3) is 0.524. The molecule has 26 heavy (non-hydrogen) atoms. The van der Waals surface area contributed by atoms with Crippen LogP contribution in [0.5, 0.6) is 5.75 Å². The molecule has 0 atom stereocenters. The van der Waals surface area contributed by atoms with Gasteiger partial charge >= 0.3 is 0 Å². The Labute approximate surface area is 155 Å². The average Bonchev–Trinajstić information content (AvgIpc) is 3.04. The van der Waals surface area contributed by atoms with Crippen molar-refractivity contribution in [3.8, 4) is 5.75 Å². The molecule has 0 fully saturated rings. The van der Waals surface area contributed by atoms with Crippen molar-refractivity contribution in [2.75, 3.05) is 13.7 Å². The van der Waals surface area contributed by atoms with Gasteiger partial charge in [-0.15, -0.1) is 0 Å². The molecule has 142 valence electrons. The Morgan fingerprint density at radius 3 is 2.35 bits per heavy atom. The summed E-state index contributed by atoms with van der Waals surface area (Å²) in [6.07, 6.45) is 0.263. The first kappa shape index (κ1) is 20.2. The van der Waals surface area contributed by atoms with Crippen LogP contribution in [0.15, 0.2) is 34.9 Å². The maximum Gasteiger partial charge on any atom is 0.145 e. The summed E-state index contributed by atoms with van der Waals surface area (Å²) in [4.78, 5) is 12.1. The molecule has 0 aliphatic heterocycles. The van der Waals surface area contributed by atoms with Gasteiger partial charge in [-0.25, -0.2) is 0 Å². The predicted octanol–water partition coefficient (Wildman–Crippen LogP) is 4.34. The number of ether oxygens (including phenoxy) is 2. The Morgan fingerprint density at radius 1 is 1.12 bits per heavy atom. The molecular formula is C21H29NO4. The van der Waals surface area contributed by atoms with Gasteiger partial charge in [-0.05, 0) is 17.7 Å². The van der Waals surface area contributed by atoms with Crippen molar-refractivity contribution >= 4 is 5.78 Å². The summed E-state index contributed by atoms with van der Waals surface area (Å²) in [5, 5.41) is 4.15. The maximum atomic E-state index is 12.1. The van der Waals surface area contributed by atoms with E-state index in [9.17, 15) is 4.79 Å². The first-order chi connectivity index (χ1) is 12.1. The lowest BCUT2D eigenvalue weighted by Crippen LogP contribution is -2.25. The molecule has 0 aliphatic carbocycles. The molecule has 5 heteroatoms. The molecule has 0 N–H and O–H groups in total. The smallest absolute Gasteiger partial charge is 0.145 e. The van der Waals surface area contributed by atoms with Crippen LogP contribution in [0.2, 0.25) is 0 Å². The highest BCUT2D eigenvalue weighted by Crippen LogP contribution is 2.25. The first-order valence-corrected chi connectivity index (χ1v) is 8.82. The Morgan fingerprint density at radius 2 is 1.77 bits per heavy atom. The number of aromatic nitrogens is 1. The fourth-order valence-corrected chi connectivity index (χ4v) is 2.36. The molecule has 5 nitrogen and oxygen atoms in total. The van der Waals surface area contributed by atoms with E-state index in [0.717, 1.165) is 17.0 Å². The van der Waals surface area contributed by atoms with E-state index in [1.165, 1.54) is 0 Å². The van der Waals surface area contributed by atoms with Crippen LogP contribution in [0, 0.1) is 5.41 Å². The molecule has 2 rings (SSSR count). The number of benzene rings is 1. The summed E-state index contributed by atoms with van der Waals surface area (Å²) in [6, 6.07) is 9.66. The number of hydrogen-bond acceptors (Lipinski definition) is 5. The van der Waals surface area contributed by atoms with Crippen molar-refractivity contribution in [3.05, 3.63) is 47.3 Å². The molecule has 0 unspecified atom stereocenters. The SMILES string of the molecule is COc1ccc(COCC(C)(C)c2cc(CC(=O)C(C)(C)C)on2)cc1. The monoisotopic (exact) mass is 359 g/mol. The summed E-state index contributed by atoms with van der Waals surface area (Å²) >= 11 is 0. The number of carbonyl (C=O) groups excluding carboxylic acids is 1. The molecule has 0 aliphatic rings. The van der Waals surface area contributed by atoms with E-state index in [1.54, 1.807) is 7.11 Å². The zero-order chi connectivity index (χ0) is 19.4. The lowest BCUT2D eigenvalue weighted by Gasteiger charge is -2.21. The van der Waals surface area contributed by atoms with Gasteiger partial charge < -0.3 is 14.0 Å². The van der Waals surface area contributed by atoms with Crippen LogP contribution in [0.25, 0.3) is 0 Å². The molecule has 0 radical (unpaired) electrons. The van der Waals surface area contributed by atoms with E-state index in [-0.39, 0.29) is 23.0 Å². The molecule has 1 heterocycles. The first-order valence-electron chi connectivity index (χ1n) is 8.82. The number of carbonyl (C=O) groups is 1. The maximum absolute atomic E-state index is 12.1. The summed E-state index contributed by atoms with van der Waals surface area (Å²) in [6.45, 7) is 10.8. The van der Waals surface area contributed by atoms with Gasteiger partial charge in [0.1, 0.15) is 17.3 Å². The van der Waals surface area contributed by atoms with E-state index >= 15 is 0 Å². The summed E-state index contributed by atoms with van der Waals surface area (Å²) < 4.78 is 16.4. The minimum Gasteiger partial charge on any atom is -0.497 e. The quantitative estimate of drug-likeness (QED) is 0.702. The van der Waals surface area contributed by atoms with E-state index in [4.69, 9.17) is 14.0 Å². The Hall–Kier alpha value is -2.14.